The van der Waals surface area contributed by atoms with Crippen molar-refractivity contribution in [3.05, 3.63) is 22.8 Å². The number of hydrogen-bond donors (Lipinski definition) is 1. The molecule has 0 radical (unpaired) electrons. The van der Waals surface area contributed by atoms with Gasteiger partial charge in [0.1, 0.15) is 11.5 Å². The summed E-state index contributed by atoms with van der Waals surface area (Å²) >= 11 is 0. The number of ketones is 1. The van der Waals surface area contributed by atoms with Crippen LogP contribution in [0.4, 0.5) is 5.69 Å². The van der Waals surface area contributed by atoms with Gasteiger partial charge < -0.3 is 10.1 Å². The Balaban J connectivity index is 3.10. The van der Waals surface area contributed by atoms with E-state index in [4.69, 9.17) is 4.74 Å². The molecule has 1 rings (SSSR count). The monoisotopic (exact) mass is 221 g/mol. The van der Waals surface area contributed by atoms with Gasteiger partial charge in [0.15, 0.2) is 0 Å². The molecule has 0 heterocycles. The Morgan fingerprint density at radius 3 is 2.44 bits per heavy atom. The molecular formula is C13H19NO2. The number of rotatable bonds is 4. The summed E-state index contributed by atoms with van der Waals surface area (Å²) in [7, 11) is 1.67. The third kappa shape index (κ3) is 2.54. The molecule has 0 aliphatic heterocycles. The summed E-state index contributed by atoms with van der Waals surface area (Å²) in [4.78, 5) is 11.0. The largest absolute Gasteiger partial charge is 0.496 e. The van der Waals surface area contributed by atoms with Crippen molar-refractivity contribution in [2.24, 2.45) is 0 Å². The van der Waals surface area contributed by atoms with Crippen molar-refractivity contribution < 1.29 is 9.53 Å². The number of benzene rings is 1. The van der Waals surface area contributed by atoms with Crippen LogP contribution >= 0.6 is 0 Å². The highest BCUT2D eigenvalue weighted by Gasteiger charge is 2.10. The summed E-state index contributed by atoms with van der Waals surface area (Å²) in [5.74, 6) is 1.02. The second-order valence-corrected chi connectivity index (χ2v) is 4.08. The molecule has 0 aliphatic carbocycles. The van der Waals surface area contributed by atoms with Gasteiger partial charge in [0.25, 0.3) is 0 Å². The number of hydrogen-bond acceptors (Lipinski definition) is 3. The fraction of sp³-hybridized carbons (Fsp3) is 0.462. The highest BCUT2D eigenvalue weighted by Crippen LogP contribution is 2.30. The standard InChI is InChI=1S/C13H19NO2/c1-8-6-12(16-5)10(3)11(4)13(8)14-7-9(2)15/h6,14H,7H2,1-5H3. The molecule has 3 heteroatoms. The van der Waals surface area contributed by atoms with E-state index >= 15 is 0 Å². The lowest BCUT2D eigenvalue weighted by Gasteiger charge is -2.16. The highest BCUT2D eigenvalue weighted by molar-refractivity contribution is 5.81. The fourth-order valence-corrected chi connectivity index (χ4v) is 1.74. The van der Waals surface area contributed by atoms with Crippen LogP contribution in [0.2, 0.25) is 0 Å². The van der Waals surface area contributed by atoms with Crippen LogP contribution in [-0.4, -0.2) is 19.4 Å². The molecule has 0 amide bonds. The lowest BCUT2D eigenvalue weighted by Crippen LogP contribution is -2.12. The Labute approximate surface area is 96.8 Å². The van der Waals surface area contributed by atoms with Crippen LogP contribution in [0.1, 0.15) is 23.6 Å². The molecule has 16 heavy (non-hydrogen) atoms. The van der Waals surface area contributed by atoms with E-state index in [1.54, 1.807) is 14.0 Å². The molecule has 0 spiro atoms. The second kappa shape index (κ2) is 5.01. The molecule has 1 N–H and O–H groups in total. The Morgan fingerprint density at radius 2 is 1.94 bits per heavy atom. The molecule has 1 aromatic carbocycles. The molecule has 0 saturated carbocycles. The topological polar surface area (TPSA) is 38.3 Å². The van der Waals surface area contributed by atoms with Gasteiger partial charge in [0.2, 0.25) is 0 Å². The molecule has 0 bridgehead atoms. The molecule has 0 aromatic heterocycles. The fourth-order valence-electron chi connectivity index (χ4n) is 1.74. The van der Waals surface area contributed by atoms with E-state index in [2.05, 4.69) is 5.32 Å². The van der Waals surface area contributed by atoms with Gasteiger partial charge in [-0.05, 0) is 50.5 Å². The van der Waals surface area contributed by atoms with Gasteiger partial charge in [-0.3, -0.25) is 4.79 Å². The van der Waals surface area contributed by atoms with Crippen molar-refractivity contribution in [2.75, 3.05) is 19.0 Å². The van der Waals surface area contributed by atoms with Gasteiger partial charge in [-0.25, -0.2) is 0 Å². The maximum atomic E-state index is 11.0. The zero-order valence-electron chi connectivity index (χ0n) is 10.6. The molecule has 1 aromatic rings. The maximum absolute atomic E-state index is 11.0. The summed E-state index contributed by atoms with van der Waals surface area (Å²) in [5.41, 5.74) is 4.38. The van der Waals surface area contributed by atoms with E-state index in [1.807, 2.05) is 26.8 Å². The first kappa shape index (κ1) is 12.6. The first-order valence-electron chi connectivity index (χ1n) is 5.35. The zero-order chi connectivity index (χ0) is 12.3. The summed E-state index contributed by atoms with van der Waals surface area (Å²) in [6.45, 7) is 8.01. The van der Waals surface area contributed by atoms with E-state index in [1.165, 1.54) is 0 Å². The van der Waals surface area contributed by atoms with Crippen LogP contribution in [0.25, 0.3) is 0 Å². The van der Waals surface area contributed by atoms with Gasteiger partial charge in [-0.15, -0.1) is 0 Å². The van der Waals surface area contributed by atoms with E-state index in [0.717, 1.165) is 28.1 Å². The molecule has 0 saturated heterocycles. The number of carbonyl (C=O) groups is 1. The minimum absolute atomic E-state index is 0.132. The van der Waals surface area contributed by atoms with Crippen molar-refractivity contribution in [1.82, 2.24) is 0 Å². The Hall–Kier alpha value is -1.51. The molecule has 0 aliphatic rings. The molecule has 88 valence electrons. The average Bonchev–Trinajstić information content (AvgIpc) is 2.22. The van der Waals surface area contributed by atoms with Crippen LogP contribution in [0.5, 0.6) is 5.75 Å². The molecule has 3 nitrogen and oxygen atoms in total. The quantitative estimate of drug-likeness (QED) is 0.849. The van der Waals surface area contributed by atoms with Gasteiger partial charge in [-0.1, -0.05) is 0 Å². The summed E-state index contributed by atoms with van der Waals surface area (Å²) in [5, 5.41) is 3.17. The first-order chi connectivity index (χ1) is 7.47. The second-order valence-electron chi connectivity index (χ2n) is 4.08. The van der Waals surface area contributed by atoms with Crippen molar-refractivity contribution in [3.63, 3.8) is 0 Å². The van der Waals surface area contributed by atoms with Crippen molar-refractivity contribution >= 4 is 11.5 Å². The third-order valence-electron chi connectivity index (χ3n) is 2.78. The van der Waals surface area contributed by atoms with Crippen molar-refractivity contribution in [2.45, 2.75) is 27.7 Å². The number of ether oxygens (including phenoxy) is 1. The summed E-state index contributed by atoms with van der Waals surface area (Å²) in [6, 6.07) is 1.99. The predicted octanol–water partition coefficient (Wildman–Crippen LogP) is 2.62. The lowest BCUT2D eigenvalue weighted by molar-refractivity contribution is -0.115. The third-order valence-corrected chi connectivity index (χ3v) is 2.78. The smallest absolute Gasteiger partial charge is 0.148 e. The van der Waals surface area contributed by atoms with Gasteiger partial charge in [-0.2, -0.15) is 0 Å². The zero-order valence-corrected chi connectivity index (χ0v) is 10.6. The number of carbonyl (C=O) groups excluding carboxylic acids is 1. The number of anilines is 1. The van der Waals surface area contributed by atoms with E-state index in [0.29, 0.717) is 6.54 Å². The minimum Gasteiger partial charge on any atom is -0.496 e. The Bertz CT molecular complexity index is 411. The normalized spacial score (nSPS) is 10.1. The predicted molar refractivity (Wildman–Crippen MR) is 66.4 cm³/mol. The first-order valence-corrected chi connectivity index (χ1v) is 5.35. The SMILES string of the molecule is COc1cc(C)c(NCC(C)=O)c(C)c1C. The van der Waals surface area contributed by atoms with Crippen molar-refractivity contribution in [3.8, 4) is 5.75 Å². The number of Topliss-reactive ketones (excluding diaryl/α,β-unsaturated/α-hetero) is 1. The highest BCUT2D eigenvalue weighted by atomic mass is 16.5. The maximum Gasteiger partial charge on any atom is 0.148 e. The van der Waals surface area contributed by atoms with Crippen molar-refractivity contribution in [1.29, 1.82) is 0 Å². The number of aryl methyl sites for hydroxylation is 1. The van der Waals surface area contributed by atoms with Crippen LogP contribution in [0.3, 0.4) is 0 Å². The van der Waals surface area contributed by atoms with E-state index in [-0.39, 0.29) is 5.78 Å². The Morgan fingerprint density at radius 1 is 1.31 bits per heavy atom. The minimum atomic E-state index is 0.132. The van der Waals surface area contributed by atoms with E-state index in [9.17, 15) is 4.79 Å². The van der Waals surface area contributed by atoms with Gasteiger partial charge in [0.05, 0.1) is 13.7 Å². The Kier molecular flexibility index (Phi) is 3.93. The molecule has 0 fully saturated rings. The average molecular weight is 221 g/mol. The summed E-state index contributed by atoms with van der Waals surface area (Å²) in [6.07, 6.45) is 0. The van der Waals surface area contributed by atoms with Crippen LogP contribution in [0, 0.1) is 20.8 Å². The number of nitrogens with one attached hydrogen (secondary N) is 1. The van der Waals surface area contributed by atoms with Crippen LogP contribution < -0.4 is 10.1 Å². The van der Waals surface area contributed by atoms with E-state index < -0.39 is 0 Å². The van der Waals surface area contributed by atoms with Crippen LogP contribution in [0.15, 0.2) is 6.07 Å². The van der Waals surface area contributed by atoms with Gasteiger partial charge in [0, 0.05) is 5.69 Å². The number of methoxy groups -OCH3 is 1. The molecular weight excluding hydrogens is 202 g/mol. The van der Waals surface area contributed by atoms with Gasteiger partial charge >= 0.3 is 0 Å². The summed E-state index contributed by atoms with van der Waals surface area (Å²) < 4.78 is 5.29. The molecule has 0 atom stereocenters. The van der Waals surface area contributed by atoms with Crippen LogP contribution in [-0.2, 0) is 4.79 Å². The lowest BCUT2D eigenvalue weighted by atomic mass is 10.0. The molecule has 0 unspecified atom stereocenters.